The van der Waals surface area contributed by atoms with Gasteiger partial charge in [-0.15, -0.1) is 0 Å². The van der Waals surface area contributed by atoms with Gasteiger partial charge in [0.15, 0.2) is 0 Å². The van der Waals surface area contributed by atoms with E-state index in [2.05, 4.69) is 17.0 Å². The van der Waals surface area contributed by atoms with Gasteiger partial charge in [0.25, 0.3) is 0 Å². The number of aliphatic hydroxyl groups is 1. The highest BCUT2D eigenvalue weighted by atomic mass is 16.5. The molecule has 1 aromatic rings. The average molecular weight is 289 g/mol. The van der Waals surface area contributed by atoms with Crippen LogP contribution in [0.2, 0.25) is 0 Å². The molecule has 1 aromatic carbocycles. The largest absolute Gasteiger partial charge is 0.463 e. The normalized spacial score (nSPS) is 31.2. The van der Waals surface area contributed by atoms with Crippen molar-refractivity contribution in [3.8, 4) is 0 Å². The first-order valence-corrected chi connectivity index (χ1v) is 7.69. The summed E-state index contributed by atoms with van der Waals surface area (Å²) in [4.78, 5) is 14.2. The van der Waals surface area contributed by atoms with Crippen LogP contribution in [0.1, 0.15) is 32.3 Å². The second kappa shape index (κ2) is 5.43. The zero-order chi connectivity index (χ0) is 15.0. The van der Waals surface area contributed by atoms with Crippen LogP contribution in [0.25, 0.3) is 0 Å². The zero-order valence-electron chi connectivity index (χ0n) is 12.7. The van der Waals surface area contributed by atoms with Gasteiger partial charge in [0.2, 0.25) is 0 Å². The van der Waals surface area contributed by atoms with Crippen LogP contribution in [-0.4, -0.2) is 40.3 Å². The molecule has 0 aromatic heterocycles. The Morgan fingerprint density at radius 3 is 2.81 bits per heavy atom. The smallest absolute Gasteiger partial charge is 0.307 e. The molecule has 0 radical (unpaired) electrons. The Morgan fingerprint density at radius 2 is 2.14 bits per heavy atom. The number of hydrogen-bond acceptors (Lipinski definition) is 4. The summed E-state index contributed by atoms with van der Waals surface area (Å²) in [6, 6.07) is 10.1. The molecule has 0 amide bonds. The number of likely N-dealkylation sites (tertiary alicyclic amines) is 1. The molecule has 0 bridgehead atoms. The van der Waals surface area contributed by atoms with Gasteiger partial charge < -0.3 is 9.84 Å². The molecule has 1 heterocycles. The second-order valence-corrected chi connectivity index (χ2v) is 6.57. The fourth-order valence-electron chi connectivity index (χ4n) is 3.46. The van der Waals surface area contributed by atoms with Gasteiger partial charge in [0, 0.05) is 25.0 Å². The summed E-state index contributed by atoms with van der Waals surface area (Å²) in [5.74, 6) is 0.104. The van der Waals surface area contributed by atoms with Gasteiger partial charge in [0.1, 0.15) is 0 Å². The Balaban J connectivity index is 1.67. The minimum atomic E-state index is -0.676. The minimum absolute atomic E-state index is 0.105. The molecule has 4 nitrogen and oxygen atoms in total. The number of rotatable bonds is 5. The standard InChI is InChI=1S/C17H23NO3/c1-12(2)21-16(19)8-15-17(20)9-14(17)11-18(15)10-13-6-4-3-5-7-13/h3-7,12,14-15,20H,8-11H2,1-2H3/t14?,15-,17?/m0/s1. The Labute approximate surface area is 125 Å². The monoisotopic (exact) mass is 289 g/mol. The van der Waals surface area contributed by atoms with Gasteiger partial charge in [0.05, 0.1) is 18.1 Å². The van der Waals surface area contributed by atoms with Gasteiger partial charge in [-0.3, -0.25) is 9.69 Å². The molecule has 114 valence electrons. The van der Waals surface area contributed by atoms with Crippen LogP contribution in [0.4, 0.5) is 0 Å². The summed E-state index contributed by atoms with van der Waals surface area (Å²) < 4.78 is 5.25. The predicted octanol–water partition coefficient (Wildman–Crippen LogP) is 1.96. The van der Waals surface area contributed by atoms with Crippen molar-refractivity contribution in [1.29, 1.82) is 0 Å². The van der Waals surface area contributed by atoms with E-state index in [0.717, 1.165) is 19.5 Å². The Hall–Kier alpha value is -1.39. The Bertz CT molecular complexity index is 516. The van der Waals surface area contributed by atoms with Gasteiger partial charge in [-0.05, 0) is 25.8 Å². The van der Waals surface area contributed by atoms with Crippen LogP contribution in [0.3, 0.4) is 0 Å². The van der Waals surface area contributed by atoms with Gasteiger partial charge in [-0.2, -0.15) is 0 Å². The molecule has 3 rings (SSSR count). The molecule has 3 atom stereocenters. The van der Waals surface area contributed by atoms with Crippen molar-refractivity contribution in [3.05, 3.63) is 35.9 Å². The molecule has 21 heavy (non-hydrogen) atoms. The maximum atomic E-state index is 12.0. The molecule has 1 saturated heterocycles. The molecule has 2 aliphatic rings. The SMILES string of the molecule is CC(C)OC(=O)C[C@@H]1N(Cc2ccccc2)CC2CC21O. The molecule has 4 heteroatoms. The third kappa shape index (κ3) is 2.97. The maximum absolute atomic E-state index is 12.0. The van der Waals surface area contributed by atoms with Gasteiger partial charge >= 0.3 is 5.97 Å². The van der Waals surface area contributed by atoms with Crippen molar-refractivity contribution in [3.63, 3.8) is 0 Å². The van der Waals surface area contributed by atoms with E-state index in [9.17, 15) is 9.90 Å². The topological polar surface area (TPSA) is 49.8 Å². The fourth-order valence-corrected chi connectivity index (χ4v) is 3.46. The molecule has 1 aliphatic carbocycles. The number of ether oxygens (including phenoxy) is 1. The van der Waals surface area contributed by atoms with Crippen molar-refractivity contribution >= 4 is 5.97 Å². The van der Waals surface area contributed by atoms with Crippen LogP contribution >= 0.6 is 0 Å². The van der Waals surface area contributed by atoms with E-state index in [1.165, 1.54) is 5.56 Å². The van der Waals surface area contributed by atoms with Crippen molar-refractivity contribution < 1.29 is 14.6 Å². The average Bonchev–Trinajstić information content (AvgIpc) is 3.00. The number of benzene rings is 1. The number of carbonyl (C=O) groups excluding carboxylic acids is 1. The Morgan fingerprint density at radius 1 is 1.43 bits per heavy atom. The van der Waals surface area contributed by atoms with E-state index < -0.39 is 5.60 Å². The first-order valence-electron chi connectivity index (χ1n) is 7.69. The molecule has 2 fully saturated rings. The van der Waals surface area contributed by atoms with Crippen LogP contribution in [0, 0.1) is 5.92 Å². The quantitative estimate of drug-likeness (QED) is 0.842. The third-order valence-electron chi connectivity index (χ3n) is 4.55. The molecule has 2 unspecified atom stereocenters. The number of nitrogens with zero attached hydrogens (tertiary/aromatic N) is 1. The lowest BCUT2D eigenvalue weighted by molar-refractivity contribution is -0.150. The number of esters is 1. The van der Waals surface area contributed by atoms with Crippen LogP contribution in [0.15, 0.2) is 30.3 Å². The van der Waals surface area contributed by atoms with E-state index in [0.29, 0.717) is 5.92 Å². The van der Waals surface area contributed by atoms with Crippen LogP contribution < -0.4 is 0 Å². The van der Waals surface area contributed by atoms with E-state index in [1.807, 2.05) is 32.0 Å². The third-order valence-corrected chi connectivity index (χ3v) is 4.55. The van der Waals surface area contributed by atoms with Crippen molar-refractivity contribution in [2.24, 2.45) is 5.92 Å². The molecule has 0 spiro atoms. The highest BCUT2D eigenvalue weighted by Gasteiger charge is 2.65. The number of carbonyl (C=O) groups is 1. The molecule has 1 saturated carbocycles. The number of hydrogen-bond donors (Lipinski definition) is 1. The summed E-state index contributed by atoms with van der Waals surface area (Å²) >= 11 is 0. The van der Waals surface area contributed by atoms with Gasteiger partial charge in [-0.1, -0.05) is 30.3 Å². The summed E-state index contributed by atoms with van der Waals surface area (Å²) in [7, 11) is 0. The highest BCUT2D eigenvalue weighted by molar-refractivity contribution is 5.71. The number of fused-ring (bicyclic) bond motifs is 1. The van der Waals surface area contributed by atoms with E-state index in [1.54, 1.807) is 0 Å². The molecule has 1 aliphatic heterocycles. The van der Waals surface area contributed by atoms with E-state index in [4.69, 9.17) is 4.74 Å². The van der Waals surface area contributed by atoms with Crippen LogP contribution in [0.5, 0.6) is 0 Å². The molecular weight excluding hydrogens is 266 g/mol. The lowest BCUT2D eigenvalue weighted by Gasteiger charge is -2.29. The van der Waals surface area contributed by atoms with Crippen molar-refractivity contribution in [1.82, 2.24) is 4.90 Å². The zero-order valence-corrected chi connectivity index (χ0v) is 12.7. The van der Waals surface area contributed by atoms with Gasteiger partial charge in [-0.25, -0.2) is 0 Å². The summed E-state index contributed by atoms with van der Waals surface area (Å²) in [5.41, 5.74) is 0.537. The summed E-state index contributed by atoms with van der Waals surface area (Å²) in [6.07, 6.45) is 0.988. The first kappa shape index (κ1) is 14.5. The minimum Gasteiger partial charge on any atom is -0.463 e. The van der Waals surface area contributed by atoms with E-state index in [-0.39, 0.29) is 24.5 Å². The van der Waals surface area contributed by atoms with Crippen LogP contribution in [-0.2, 0) is 16.1 Å². The maximum Gasteiger partial charge on any atom is 0.307 e. The lowest BCUT2D eigenvalue weighted by Crippen LogP contribution is -2.41. The first-order chi connectivity index (χ1) is 9.99. The predicted molar refractivity (Wildman–Crippen MR) is 79.5 cm³/mol. The van der Waals surface area contributed by atoms with Crippen molar-refractivity contribution in [2.75, 3.05) is 6.54 Å². The molecule has 1 N–H and O–H groups in total. The van der Waals surface area contributed by atoms with E-state index >= 15 is 0 Å². The molecular formula is C17H23NO3. The number of piperidine rings is 1. The second-order valence-electron chi connectivity index (χ2n) is 6.57. The highest BCUT2D eigenvalue weighted by Crippen LogP contribution is 2.54. The van der Waals surface area contributed by atoms with Crippen molar-refractivity contribution in [2.45, 2.75) is 51.0 Å². The lowest BCUT2D eigenvalue weighted by atomic mass is 10.0. The summed E-state index contributed by atoms with van der Waals surface area (Å²) in [5, 5.41) is 10.6. The fraction of sp³-hybridized carbons (Fsp3) is 0.588. The summed E-state index contributed by atoms with van der Waals surface area (Å²) in [6.45, 7) is 5.34. The Kier molecular flexibility index (Phi) is 3.76.